The van der Waals surface area contributed by atoms with Gasteiger partial charge in [-0.2, -0.15) is 0 Å². The normalized spacial score (nSPS) is 28.6. The molecule has 0 amide bonds. The molecule has 0 aliphatic heterocycles. The lowest BCUT2D eigenvalue weighted by molar-refractivity contribution is -0.0314. The molecular weight excluding hydrogens is 236 g/mol. The van der Waals surface area contributed by atoms with Crippen LogP contribution in [0.25, 0.3) is 0 Å². The molecule has 1 saturated carbocycles. The van der Waals surface area contributed by atoms with Crippen LogP contribution in [-0.2, 0) is 13.5 Å². The van der Waals surface area contributed by atoms with Crippen LogP contribution in [-0.4, -0.2) is 20.3 Å². The molecule has 0 unspecified atom stereocenters. The van der Waals surface area contributed by atoms with Gasteiger partial charge in [-0.3, -0.25) is 0 Å². The van der Waals surface area contributed by atoms with Gasteiger partial charge in [-0.15, -0.1) is 0 Å². The molecule has 19 heavy (non-hydrogen) atoms. The molecule has 1 aromatic heterocycles. The van der Waals surface area contributed by atoms with E-state index in [0.29, 0.717) is 5.41 Å². The number of rotatable bonds is 3. The van der Waals surface area contributed by atoms with Crippen molar-refractivity contribution in [3.63, 3.8) is 0 Å². The summed E-state index contributed by atoms with van der Waals surface area (Å²) in [5, 5.41) is 10.7. The third kappa shape index (κ3) is 3.59. The summed E-state index contributed by atoms with van der Waals surface area (Å²) in [5.41, 5.74) is -0.0886. The number of hydrogen-bond donors (Lipinski definition) is 1. The summed E-state index contributed by atoms with van der Waals surface area (Å²) in [4.78, 5) is 4.34. The standard InChI is InChI=1S/C16H28N2O/c1-15(2,3)13-5-8-16(19,9-6-13)10-7-14-17-11-12-18(14)4/h11-13,19H,5-10H2,1-4H3. The average Bonchev–Trinajstić information content (AvgIpc) is 2.72. The zero-order chi connectivity index (χ0) is 14.1. The van der Waals surface area contributed by atoms with E-state index in [0.717, 1.165) is 50.3 Å². The van der Waals surface area contributed by atoms with Crippen molar-refractivity contribution in [2.45, 2.75) is 64.9 Å². The van der Waals surface area contributed by atoms with E-state index in [1.165, 1.54) is 0 Å². The van der Waals surface area contributed by atoms with Gasteiger partial charge in [-0.1, -0.05) is 20.8 Å². The van der Waals surface area contributed by atoms with Gasteiger partial charge in [-0.25, -0.2) is 4.98 Å². The Morgan fingerprint density at radius 1 is 1.37 bits per heavy atom. The van der Waals surface area contributed by atoms with Gasteiger partial charge in [-0.05, 0) is 43.4 Å². The van der Waals surface area contributed by atoms with E-state index >= 15 is 0 Å². The van der Waals surface area contributed by atoms with Crippen LogP contribution in [0.4, 0.5) is 0 Å². The Hall–Kier alpha value is -0.830. The van der Waals surface area contributed by atoms with E-state index in [4.69, 9.17) is 0 Å². The molecule has 1 aliphatic rings. The van der Waals surface area contributed by atoms with E-state index < -0.39 is 5.60 Å². The molecule has 1 N–H and O–H groups in total. The summed E-state index contributed by atoms with van der Waals surface area (Å²) >= 11 is 0. The average molecular weight is 264 g/mol. The number of hydrogen-bond acceptors (Lipinski definition) is 2. The first kappa shape index (κ1) is 14.6. The summed E-state index contributed by atoms with van der Waals surface area (Å²) in [7, 11) is 2.02. The fourth-order valence-electron chi connectivity index (χ4n) is 3.25. The molecule has 108 valence electrons. The van der Waals surface area contributed by atoms with Crippen LogP contribution in [0.5, 0.6) is 0 Å². The van der Waals surface area contributed by atoms with Crippen LogP contribution in [0.2, 0.25) is 0 Å². The number of imidazole rings is 1. The van der Waals surface area contributed by atoms with Crippen molar-refractivity contribution in [2.75, 3.05) is 0 Å². The minimum absolute atomic E-state index is 0.376. The largest absolute Gasteiger partial charge is 0.390 e. The molecule has 1 fully saturated rings. The summed E-state index contributed by atoms with van der Waals surface area (Å²) < 4.78 is 2.05. The fraction of sp³-hybridized carbons (Fsp3) is 0.812. The van der Waals surface area contributed by atoms with E-state index in [9.17, 15) is 5.11 Å². The Bertz CT molecular complexity index is 409. The van der Waals surface area contributed by atoms with E-state index in [-0.39, 0.29) is 0 Å². The van der Waals surface area contributed by atoms with Gasteiger partial charge < -0.3 is 9.67 Å². The highest BCUT2D eigenvalue weighted by Gasteiger charge is 2.37. The maximum Gasteiger partial charge on any atom is 0.108 e. The number of aromatic nitrogens is 2. The van der Waals surface area contributed by atoms with E-state index in [2.05, 4.69) is 25.8 Å². The Morgan fingerprint density at radius 3 is 2.47 bits per heavy atom. The highest BCUT2D eigenvalue weighted by molar-refractivity contribution is 4.96. The second-order valence-electron chi connectivity index (χ2n) is 7.32. The highest BCUT2D eigenvalue weighted by Crippen LogP contribution is 2.42. The predicted octanol–water partition coefficient (Wildman–Crippen LogP) is 3.32. The number of aryl methyl sites for hydroxylation is 2. The smallest absolute Gasteiger partial charge is 0.108 e. The van der Waals surface area contributed by atoms with Crippen LogP contribution in [0.1, 0.15) is 58.7 Å². The lowest BCUT2D eigenvalue weighted by Gasteiger charge is -2.41. The van der Waals surface area contributed by atoms with Crippen molar-refractivity contribution in [2.24, 2.45) is 18.4 Å². The first-order valence-corrected chi connectivity index (χ1v) is 7.49. The van der Waals surface area contributed by atoms with Crippen LogP contribution < -0.4 is 0 Å². The second kappa shape index (κ2) is 5.28. The molecule has 0 saturated heterocycles. The molecule has 1 aliphatic carbocycles. The Labute approximate surface area is 117 Å². The molecule has 3 heteroatoms. The summed E-state index contributed by atoms with van der Waals surface area (Å²) in [5.74, 6) is 1.83. The molecule has 0 aromatic carbocycles. The SMILES string of the molecule is Cn1ccnc1CCC1(O)CCC(C(C)(C)C)CC1. The summed E-state index contributed by atoms with van der Waals surface area (Å²) in [6.45, 7) is 6.95. The Balaban J connectivity index is 1.87. The van der Waals surface area contributed by atoms with Crippen molar-refractivity contribution >= 4 is 0 Å². The fourth-order valence-corrected chi connectivity index (χ4v) is 3.25. The van der Waals surface area contributed by atoms with Crippen LogP contribution in [0.15, 0.2) is 12.4 Å². The van der Waals surface area contributed by atoms with Gasteiger partial charge in [0.2, 0.25) is 0 Å². The van der Waals surface area contributed by atoms with Crippen LogP contribution in [0.3, 0.4) is 0 Å². The molecule has 2 rings (SSSR count). The van der Waals surface area contributed by atoms with Gasteiger partial charge in [0.25, 0.3) is 0 Å². The Kier molecular flexibility index (Phi) is 4.05. The molecule has 0 spiro atoms. The molecular formula is C16H28N2O. The maximum absolute atomic E-state index is 10.7. The first-order valence-electron chi connectivity index (χ1n) is 7.49. The quantitative estimate of drug-likeness (QED) is 0.909. The molecule has 0 atom stereocenters. The van der Waals surface area contributed by atoms with Gasteiger partial charge in [0.1, 0.15) is 5.82 Å². The van der Waals surface area contributed by atoms with Gasteiger partial charge in [0.05, 0.1) is 5.60 Å². The zero-order valence-electron chi connectivity index (χ0n) is 12.8. The topological polar surface area (TPSA) is 38.0 Å². The third-order valence-electron chi connectivity index (χ3n) is 4.88. The minimum atomic E-state index is -0.465. The predicted molar refractivity (Wildman–Crippen MR) is 77.9 cm³/mol. The molecule has 1 aromatic rings. The monoisotopic (exact) mass is 264 g/mol. The highest BCUT2D eigenvalue weighted by atomic mass is 16.3. The molecule has 3 nitrogen and oxygen atoms in total. The van der Waals surface area contributed by atoms with Crippen LogP contribution >= 0.6 is 0 Å². The van der Waals surface area contributed by atoms with Crippen molar-refractivity contribution in [1.82, 2.24) is 9.55 Å². The first-order chi connectivity index (χ1) is 8.80. The third-order valence-corrected chi connectivity index (χ3v) is 4.88. The summed E-state index contributed by atoms with van der Waals surface area (Å²) in [6, 6.07) is 0. The van der Waals surface area contributed by atoms with Gasteiger partial charge in [0, 0.05) is 25.9 Å². The maximum atomic E-state index is 10.7. The van der Waals surface area contributed by atoms with Crippen molar-refractivity contribution in [3.8, 4) is 0 Å². The second-order valence-corrected chi connectivity index (χ2v) is 7.32. The van der Waals surface area contributed by atoms with Crippen molar-refractivity contribution in [3.05, 3.63) is 18.2 Å². The Morgan fingerprint density at radius 2 is 2.00 bits per heavy atom. The van der Waals surface area contributed by atoms with E-state index in [1.807, 2.05) is 24.0 Å². The molecule has 0 radical (unpaired) electrons. The zero-order valence-corrected chi connectivity index (χ0v) is 12.8. The lowest BCUT2D eigenvalue weighted by atomic mass is 9.67. The van der Waals surface area contributed by atoms with Gasteiger partial charge >= 0.3 is 0 Å². The van der Waals surface area contributed by atoms with Crippen molar-refractivity contribution in [1.29, 1.82) is 0 Å². The molecule has 1 heterocycles. The minimum Gasteiger partial charge on any atom is -0.390 e. The van der Waals surface area contributed by atoms with E-state index in [1.54, 1.807) is 0 Å². The summed E-state index contributed by atoms with van der Waals surface area (Å²) in [6.07, 6.45) is 9.71. The van der Waals surface area contributed by atoms with Crippen molar-refractivity contribution < 1.29 is 5.11 Å². The van der Waals surface area contributed by atoms with Crippen LogP contribution in [0, 0.1) is 11.3 Å². The molecule has 0 bridgehead atoms. The number of nitrogens with zero attached hydrogens (tertiary/aromatic N) is 2. The number of aliphatic hydroxyl groups is 1. The van der Waals surface area contributed by atoms with Gasteiger partial charge in [0.15, 0.2) is 0 Å². The lowest BCUT2D eigenvalue weighted by Crippen LogP contribution is -2.38.